The number of hydrogen-bond acceptors (Lipinski definition) is 6. The van der Waals surface area contributed by atoms with Gasteiger partial charge in [-0.05, 0) is 25.7 Å². The van der Waals surface area contributed by atoms with Crippen LogP contribution in [0.1, 0.15) is 24.2 Å². The van der Waals surface area contributed by atoms with Gasteiger partial charge in [-0.1, -0.05) is 0 Å². The summed E-state index contributed by atoms with van der Waals surface area (Å²) in [6, 6.07) is 0. The van der Waals surface area contributed by atoms with Crippen LogP contribution in [0.15, 0.2) is 25.0 Å². The van der Waals surface area contributed by atoms with Crippen molar-refractivity contribution in [1.29, 1.82) is 0 Å². The Hall–Kier alpha value is -2.77. The van der Waals surface area contributed by atoms with Crippen molar-refractivity contribution in [1.82, 2.24) is 34.1 Å². The maximum Gasteiger partial charge on any atom is 0.241 e. The van der Waals surface area contributed by atoms with Crippen LogP contribution in [0.5, 0.6) is 0 Å². The molecule has 2 N–H and O–H groups in total. The Kier molecular flexibility index (Phi) is 2.66. The van der Waals surface area contributed by atoms with Gasteiger partial charge in [0.15, 0.2) is 0 Å². The van der Waals surface area contributed by atoms with Gasteiger partial charge in [-0.2, -0.15) is 15.0 Å². The molecule has 0 fully saturated rings. The number of imidazole rings is 2. The van der Waals surface area contributed by atoms with Crippen LogP contribution in [0.3, 0.4) is 0 Å². The average molecular weight is 282 g/mol. The predicted molar refractivity (Wildman–Crippen MR) is 75.1 cm³/mol. The first kappa shape index (κ1) is 12.0. The highest BCUT2D eigenvalue weighted by Crippen LogP contribution is 2.22. The van der Waals surface area contributed by atoms with Crippen LogP contribution in [0, 0.1) is 0 Å². The van der Waals surface area contributed by atoms with Gasteiger partial charge in [0, 0.05) is 18.1 Å². The van der Waals surface area contributed by atoms with Crippen molar-refractivity contribution in [2.24, 2.45) is 0 Å². The molecule has 1 aliphatic carbocycles. The molecule has 0 unspecified atom stereocenters. The van der Waals surface area contributed by atoms with E-state index in [1.165, 1.54) is 12.1 Å². The monoisotopic (exact) mass is 282 g/mol. The Morgan fingerprint density at radius 2 is 1.86 bits per heavy atom. The number of nitrogens with two attached hydrogens (primary N) is 1. The molecule has 4 rings (SSSR count). The number of nitrogen functional groups attached to an aromatic ring is 1. The van der Waals surface area contributed by atoms with Crippen molar-refractivity contribution in [3.63, 3.8) is 0 Å². The minimum Gasteiger partial charge on any atom is -0.368 e. The Labute approximate surface area is 120 Å². The smallest absolute Gasteiger partial charge is 0.241 e. The normalized spacial score (nSPS) is 14.1. The number of aromatic nitrogens is 7. The lowest BCUT2D eigenvalue weighted by molar-refractivity contribution is 0.650. The van der Waals surface area contributed by atoms with E-state index in [1.807, 2.05) is 4.57 Å². The summed E-state index contributed by atoms with van der Waals surface area (Å²) in [5.74, 6) is 1.14. The highest BCUT2D eigenvalue weighted by Gasteiger charge is 2.18. The lowest BCUT2D eigenvalue weighted by Gasteiger charge is -2.13. The highest BCUT2D eigenvalue weighted by atomic mass is 15.3. The van der Waals surface area contributed by atoms with E-state index in [0.717, 1.165) is 25.0 Å². The molecule has 1 aliphatic rings. The summed E-state index contributed by atoms with van der Waals surface area (Å²) in [5, 5.41) is 0. The van der Waals surface area contributed by atoms with Crippen LogP contribution in [0.2, 0.25) is 0 Å². The van der Waals surface area contributed by atoms with Gasteiger partial charge in [-0.25, -0.2) is 9.97 Å². The molecule has 0 radical (unpaired) electrons. The molecule has 3 aromatic heterocycles. The van der Waals surface area contributed by atoms with E-state index >= 15 is 0 Å². The number of fused-ring (bicyclic) bond motifs is 1. The summed E-state index contributed by atoms with van der Waals surface area (Å²) in [4.78, 5) is 21.3. The second-order valence-electron chi connectivity index (χ2n) is 4.98. The molecule has 0 spiro atoms. The zero-order valence-corrected chi connectivity index (χ0v) is 11.3. The van der Waals surface area contributed by atoms with Crippen molar-refractivity contribution in [3.05, 3.63) is 36.4 Å². The Morgan fingerprint density at radius 3 is 2.71 bits per heavy atom. The Bertz CT molecular complexity index is 774. The van der Waals surface area contributed by atoms with Crippen molar-refractivity contribution < 1.29 is 0 Å². The quantitative estimate of drug-likeness (QED) is 0.742. The van der Waals surface area contributed by atoms with Gasteiger partial charge in [0.1, 0.15) is 12.7 Å². The van der Waals surface area contributed by atoms with Gasteiger partial charge < -0.3 is 5.73 Å². The molecule has 3 aromatic rings. The second kappa shape index (κ2) is 4.65. The van der Waals surface area contributed by atoms with Crippen molar-refractivity contribution in [3.8, 4) is 11.9 Å². The predicted octanol–water partition coefficient (Wildman–Crippen LogP) is 0.704. The zero-order valence-electron chi connectivity index (χ0n) is 11.3. The van der Waals surface area contributed by atoms with Crippen molar-refractivity contribution >= 4 is 5.95 Å². The lowest BCUT2D eigenvalue weighted by Crippen LogP contribution is -2.13. The highest BCUT2D eigenvalue weighted by molar-refractivity contribution is 5.32. The standard InChI is InChI=1S/C13H14N8/c14-11-17-12(20-6-5-15-7-20)19-13(18-11)21-8-16-9-3-1-2-4-10(9)21/h5-8H,1-4H2,(H2,14,17,18,19). The van der Waals surface area contributed by atoms with E-state index in [4.69, 9.17) is 5.73 Å². The van der Waals surface area contributed by atoms with Crippen LogP contribution < -0.4 is 5.73 Å². The maximum absolute atomic E-state index is 5.82. The first-order chi connectivity index (χ1) is 10.3. The molecular formula is C13H14N8. The van der Waals surface area contributed by atoms with E-state index in [9.17, 15) is 0 Å². The Morgan fingerprint density at radius 1 is 1.00 bits per heavy atom. The number of aryl methyl sites for hydroxylation is 1. The fourth-order valence-corrected chi connectivity index (χ4v) is 2.61. The molecule has 0 bridgehead atoms. The van der Waals surface area contributed by atoms with Gasteiger partial charge in [0.2, 0.25) is 17.8 Å². The molecule has 0 saturated carbocycles. The SMILES string of the molecule is Nc1nc(-n2ccnc2)nc(-n2cnc3c2CCCC3)n1. The summed E-state index contributed by atoms with van der Waals surface area (Å²) >= 11 is 0. The molecule has 0 amide bonds. The fourth-order valence-electron chi connectivity index (χ4n) is 2.61. The van der Waals surface area contributed by atoms with Crippen LogP contribution in [0.4, 0.5) is 5.95 Å². The van der Waals surface area contributed by atoms with Gasteiger partial charge in [0.05, 0.1) is 5.69 Å². The van der Waals surface area contributed by atoms with Gasteiger partial charge in [-0.15, -0.1) is 0 Å². The summed E-state index contributed by atoms with van der Waals surface area (Å²) in [5.41, 5.74) is 8.12. The first-order valence-corrected chi connectivity index (χ1v) is 6.86. The fraction of sp³-hybridized carbons (Fsp3) is 0.308. The van der Waals surface area contributed by atoms with E-state index in [0.29, 0.717) is 11.9 Å². The lowest BCUT2D eigenvalue weighted by atomic mass is 10.0. The number of rotatable bonds is 2. The Balaban J connectivity index is 1.84. The molecule has 0 aromatic carbocycles. The second-order valence-corrected chi connectivity index (χ2v) is 4.98. The van der Waals surface area contributed by atoms with E-state index in [1.54, 1.807) is 29.6 Å². The molecule has 8 nitrogen and oxygen atoms in total. The summed E-state index contributed by atoms with van der Waals surface area (Å²) < 4.78 is 3.61. The third-order valence-corrected chi connectivity index (χ3v) is 3.61. The third-order valence-electron chi connectivity index (χ3n) is 3.61. The van der Waals surface area contributed by atoms with Gasteiger partial charge >= 0.3 is 0 Å². The average Bonchev–Trinajstić information content (AvgIpc) is 3.16. The van der Waals surface area contributed by atoms with E-state index < -0.39 is 0 Å². The summed E-state index contributed by atoms with van der Waals surface area (Å²) in [6.07, 6.45) is 11.2. The summed E-state index contributed by atoms with van der Waals surface area (Å²) in [7, 11) is 0. The van der Waals surface area contributed by atoms with Crippen molar-refractivity contribution in [2.75, 3.05) is 5.73 Å². The van der Waals surface area contributed by atoms with E-state index in [2.05, 4.69) is 24.9 Å². The number of hydrogen-bond donors (Lipinski definition) is 1. The largest absolute Gasteiger partial charge is 0.368 e. The molecule has 21 heavy (non-hydrogen) atoms. The molecule has 106 valence electrons. The number of anilines is 1. The minimum absolute atomic E-state index is 0.182. The molecule has 8 heteroatoms. The van der Waals surface area contributed by atoms with Crippen LogP contribution in [-0.4, -0.2) is 34.1 Å². The minimum atomic E-state index is 0.182. The van der Waals surface area contributed by atoms with Gasteiger partial charge in [0.25, 0.3) is 0 Å². The molecule has 0 aliphatic heterocycles. The van der Waals surface area contributed by atoms with Crippen LogP contribution in [-0.2, 0) is 12.8 Å². The summed E-state index contributed by atoms with van der Waals surface area (Å²) in [6.45, 7) is 0. The topological polar surface area (TPSA) is 100 Å². The van der Waals surface area contributed by atoms with Crippen molar-refractivity contribution in [2.45, 2.75) is 25.7 Å². The molecule has 0 saturated heterocycles. The zero-order chi connectivity index (χ0) is 14.2. The number of nitrogens with zero attached hydrogens (tertiary/aromatic N) is 7. The van der Waals surface area contributed by atoms with Gasteiger partial charge in [-0.3, -0.25) is 9.13 Å². The first-order valence-electron chi connectivity index (χ1n) is 6.86. The maximum atomic E-state index is 5.82. The third kappa shape index (κ3) is 2.04. The van der Waals surface area contributed by atoms with Crippen LogP contribution in [0.25, 0.3) is 11.9 Å². The molecule has 3 heterocycles. The molecular weight excluding hydrogens is 268 g/mol. The van der Waals surface area contributed by atoms with Crippen LogP contribution >= 0.6 is 0 Å². The molecule has 0 atom stereocenters. The van der Waals surface area contributed by atoms with E-state index in [-0.39, 0.29) is 5.95 Å².